The Bertz CT molecular complexity index is 647. The standard InChI is InChI=1S/C22H28OS2/c1-4-5-6-10-17-24-22(2,3)21(23)18-13-15-20(16-14-18)25-19-11-8-7-9-12-19/h7-9,11-16H,4-6,10,17H2,1-3H3. The first-order valence-corrected chi connectivity index (χ1v) is 10.8. The molecule has 0 bridgehead atoms. The average molecular weight is 373 g/mol. The minimum absolute atomic E-state index is 0.226. The average Bonchev–Trinajstić information content (AvgIpc) is 2.62. The first kappa shape index (κ1) is 20.1. The second-order valence-electron chi connectivity index (χ2n) is 6.69. The van der Waals surface area contributed by atoms with Gasteiger partial charge in [-0.1, -0.05) is 68.3 Å². The van der Waals surface area contributed by atoms with Gasteiger partial charge in [-0.15, -0.1) is 11.8 Å². The molecule has 3 heteroatoms. The van der Waals surface area contributed by atoms with Crippen LogP contribution in [0.4, 0.5) is 0 Å². The highest BCUT2D eigenvalue weighted by Crippen LogP contribution is 2.32. The molecule has 0 radical (unpaired) electrons. The summed E-state index contributed by atoms with van der Waals surface area (Å²) in [5, 5.41) is 0. The molecule has 2 aromatic carbocycles. The number of hydrogen-bond donors (Lipinski definition) is 0. The summed E-state index contributed by atoms with van der Waals surface area (Å²) in [6.45, 7) is 6.32. The normalized spacial score (nSPS) is 11.5. The SMILES string of the molecule is CCCCCCSC(C)(C)C(=O)c1ccc(Sc2ccccc2)cc1. The molecular formula is C22H28OS2. The molecule has 0 aliphatic rings. The molecule has 0 spiro atoms. The lowest BCUT2D eigenvalue weighted by Crippen LogP contribution is -2.28. The molecule has 0 aliphatic carbocycles. The van der Waals surface area contributed by atoms with Crippen molar-refractivity contribution in [2.24, 2.45) is 0 Å². The summed E-state index contributed by atoms with van der Waals surface area (Å²) in [5.74, 6) is 1.28. The van der Waals surface area contributed by atoms with Gasteiger partial charge >= 0.3 is 0 Å². The van der Waals surface area contributed by atoms with Crippen molar-refractivity contribution in [3.63, 3.8) is 0 Å². The molecule has 0 N–H and O–H groups in total. The van der Waals surface area contributed by atoms with Gasteiger partial charge in [-0.2, -0.15) is 0 Å². The number of unbranched alkanes of at least 4 members (excludes halogenated alkanes) is 3. The van der Waals surface area contributed by atoms with E-state index in [1.54, 1.807) is 23.5 Å². The van der Waals surface area contributed by atoms with Gasteiger partial charge in [0.15, 0.2) is 5.78 Å². The molecule has 0 aromatic heterocycles. The molecule has 0 saturated heterocycles. The fourth-order valence-electron chi connectivity index (χ4n) is 2.57. The van der Waals surface area contributed by atoms with E-state index in [9.17, 15) is 4.79 Å². The first-order valence-electron chi connectivity index (χ1n) is 9.04. The van der Waals surface area contributed by atoms with Crippen molar-refractivity contribution >= 4 is 29.3 Å². The minimum atomic E-state index is -0.361. The molecule has 0 aliphatic heterocycles. The summed E-state index contributed by atoms with van der Waals surface area (Å²) < 4.78 is -0.361. The number of benzene rings is 2. The Morgan fingerprint density at radius 1 is 0.880 bits per heavy atom. The van der Waals surface area contributed by atoms with E-state index in [2.05, 4.69) is 19.1 Å². The molecule has 0 unspecified atom stereocenters. The van der Waals surface area contributed by atoms with Crippen molar-refractivity contribution in [3.8, 4) is 0 Å². The van der Waals surface area contributed by atoms with Crippen molar-refractivity contribution in [1.29, 1.82) is 0 Å². The number of carbonyl (C=O) groups excluding carboxylic acids is 1. The van der Waals surface area contributed by atoms with Crippen LogP contribution in [-0.2, 0) is 0 Å². The molecule has 134 valence electrons. The van der Waals surface area contributed by atoms with E-state index in [0.29, 0.717) is 0 Å². The maximum Gasteiger partial charge on any atom is 0.178 e. The lowest BCUT2D eigenvalue weighted by molar-refractivity contribution is 0.0958. The predicted octanol–water partition coefficient (Wildman–Crippen LogP) is 7.11. The van der Waals surface area contributed by atoms with E-state index < -0.39 is 0 Å². The number of Topliss-reactive ketones (excluding diaryl/α,β-unsaturated/α-hetero) is 1. The summed E-state index contributed by atoms with van der Waals surface area (Å²) in [6, 6.07) is 18.3. The number of hydrogen-bond acceptors (Lipinski definition) is 3. The van der Waals surface area contributed by atoms with Gasteiger partial charge < -0.3 is 0 Å². The number of carbonyl (C=O) groups is 1. The van der Waals surface area contributed by atoms with E-state index >= 15 is 0 Å². The summed E-state index contributed by atoms with van der Waals surface area (Å²) >= 11 is 3.50. The van der Waals surface area contributed by atoms with Crippen LogP contribution in [0.15, 0.2) is 64.4 Å². The zero-order valence-corrected chi connectivity index (χ0v) is 17.1. The monoisotopic (exact) mass is 372 g/mol. The minimum Gasteiger partial charge on any atom is -0.293 e. The fourth-order valence-corrected chi connectivity index (χ4v) is 4.51. The fraction of sp³-hybridized carbons (Fsp3) is 0.409. The third-order valence-electron chi connectivity index (χ3n) is 4.10. The maximum absolute atomic E-state index is 12.8. The Balaban J connectivity index is 1.92. The molecule has 0 amide bonds. The van der Waals surface area contributed by atoms with E-state index in [1.807, 2.05) is 56.3 Å². The van der Waals surface area contributed by atoms with Crippen LogP contribution in [0.25, 0.3) is 0 Å². The third-order valence-corrected chi connectivity index (χ3v) is 6.52. The summed E-state index contributed by atoms with van der Waals surface area (Å²) in [5.41, 5.74) is 0.809. The van der Waals surface area contributed by atoms with E-state index in [0.717, 1.165) is 16.2 Å². The molecule has 2 rings (SSSR count). The Hall–Kier alpha value is -1.19. The summed E-state index contributed by atoms with van der Waals surface area (Å²) in [4.78, 5) is 15.2. The van der Waals surface area contributed by atoms with Crippen LogP contribution in [0.5, 0.6) is 0 Å². The Morgan fingerprint density at radius 2 is 1.52 bits per heavy atom. The van der Waals surface area contributed by atoms with Gasteiger partial charge in [0.2, 0.25) is 0 Å². The largest absolute Gasteiger partial charge is 0.293 e. The van der Waals surface area contributed by atoms with Crippen molar-refractivity contribution in [2.45, 2.75) is 61.0 Å². The van der Waals surface area contributed by atoms with Crippen molar-refractivity contribution in [3.05, 3.63) is 60.2 Å². The first-order chi connectivity index (χ1) is 12.0. The smallest absolute Gasteiger partial charge is 0.178 e. The highest BCUT2D eigenvalue weighted by molar-refractivity contribution is 8.01. The molecule has 1 nitrogen and oxygen atoms in total. The quantitative estimate of drug-likeness (QED) is 0.327. The van der Waals surface area contributed by atoms with Gasteiger partial charge in [0.25, 0.3) is 0 Å². The van der Waals surface area contributed by atoms with Crippen LogP contribution in [0.2, 0.25) is 0 Å². The van der Waals surface area contributed by atoms with E-state index in [-0.39, 0.29) is 10.5 Å². The molecule has 0 fully saturated rings. The second kappa shape index (κ2) is 10.1. The zero-order valence-electron chi connectivity index (χ0n) is 15.5. The van der Waals surface area contributed by atoms with Crippen molar-refractivity contribution < 1.29 is 4.79 Å². The van der Waals surface area contributed by atoms with Gasteiger partial charge in [0.1, 0.15) is 0 Å². The Morgan fingerprint density at radius 3 is 2.16 bits per heavy atom. The molecule has 0 atom stereocenters. The summed E-state index contributed by atoms with van der Waals surface area (Å²) in [7, 11) is 0. The highest BCUT2D eigenvalue weighted by atomic mass is 32.2. The summed E-state index contributed by atoms with van der Waals surface area (Å²) in [6.07, 6.45) is 5.00. The second-order valence-corrected chi connectivity index (χ2v) is 9.55. The van der Waals surface area contributed by atoms with Crippen LogP contribution in [0, 0.1) is 0 Å². The number of thioether (sulfide) groups is 1. The lowest BCUT2D eigenvalue weighted by atomic mass is 10.0. The van der Waals surface area contributed by atoms with E-state index in [4.69, 9.17) is 0 Å². The molecule has 0 saturated carbocycles. The van der Waals surface area contributed by atoms with Crippen molar-refractivity contribution in [2.75, 3.05) is 5.75 Å². The maximum atomic E-state index is 12.8. The van der Waals surface area contributed by atoms with Gasteiger partial charge in [-0.3, -0.25) is 4.79 Å². The highest BCUT2D eigenvalue weighted by Gasteiger charge is 2.28. The zero-order chi connectivity index (χ0) is 18.1. The third kappa shape index (κ3) is 6.56. The van der Waals surface area contributed by atoms with E-state index in [1.165, 1.54) is 30.6 Å². The Labute approximate surface area is 161 Å². The molecule has 25 heavy (non-hydrogen) atoms. The number of ketones is 1. The molecule has 2 aromatic rings. The number of rotatable bonds is 10. The lowest BCUT2D eigenvalue weighted by Gasteiger charge is -2.22. The van der Waals surface area contributed by atoms with Crippen molar-refractivity contribution in [1.82, 2.24) is 0 Å². The van der Waals surface area contributed by atoms with Gasteiger partial charge in [0, 0.05) is 15.4 Å². The van der Waals surface area contributed by atoms with Gasteiger partial charge in [-0.25, -0.2) is 0 Å². The molecule has 0 heterocycles. The topological polar surface area (TPSA) is 17.1 Å². The van der Waals surface area contributed by atoms with Crippen LogP contribution in [0.1, 0.15) is 56.8 Å². The van der Waals surface area contributed by atoms with Crippen LogP contribution in [-0.4, -0.2) is 16.3 Å². The predicted molar refractivity (Wildman–Crippen MR) is 112 cm³/mol. The van der Waals surface area contributed by atoms with Gasteiger partial charge in [0.05, 0.1) is 4.75 Å². The molecular weight excluding hydrogens is 344 g/mol. The van der Waals surface area contributed by atoms with Crippen LogP contribution in [0.3, 0.4) is 0 Å². The van der Waals surface area contributed by atoms with Crippen LogP contribution < -0.4 is 0 Å². The Kier molecular flexibility index (Phi) is 8.11. The van der Waals surface area contributed by atoms with Crippen LogP contribution >= 0.6 is 23.5 Å². The van der Waals surface area contributed by atoms with Gasteiger partial charge in [-0.05, 0) is 50.3 Å².